The van der Waals surface area contributed by atoms with E-state index in [1.807, 2.05) is 11.8 Å². The maximum Gasteiger partial charge on any atom is 0.200 e. The van der Waals surface area contributed by atoms with Crippen LogP contribution < -0.4 is 0 Å². The summed E-state index contributed by atoms with van der Waals surface area (Å²) < 4.78 is 135. The van der Waals surface area contributed by atoms with Crippen LogP contribution in [0.3, 0.4) is 0 Å². The molecule has 3 heterocycles. The van der Waals surface area contributed by atoms with E-state index in [-0.39, 0.29) is 0 Å². The van der Waals surface area contributed by atoms with Gasteiger partial charge >= 0.3 is 0 Å². The van der Waals surface area contributed by atoms with E-state index in [1.165, 1.54) is 23.5 Å². The average Bonchev–Trinajstić information content (AvgIpc) is 3.74. The Morgan fingerprint density at radius 3 is 0.927 bits per heavy atom. The zero-order chi connectivity index (χ0) is 29.6. The van der Waals surface area contributed by atoms with Gasteiger partial charge in [0.15, 0.2) is 46.5 Å². The molecule has 206 valence electrons. The summed E-state index contributed by atoms with van der Waals surface area (Å²) in [5, 5.41) is 0. The molecule has 0 radical (unpaired) electrons. The number of halogens is 10. The minimum Gasteiger partial charge on any atom is -0.202 e. The fourth-order valence-electron chi connectivity index (χ4n) is 3.36. The van der Waals surface area contributed by atoms with E-state index < -0.39 is 69.3 Å². The van der Waals surface area contributed by atoms with Gasteiger partial charge in [0.25, 0.3) is 0 Å². The van der Waals surface area contributed by atoms with Crippen molar-refractivity contribution >= 4 is 34.0 Å². The first-order chi connectivity index (χ1) is 19.5. The molecule has 0 bridgehead atoms. The largest absolute Gasteiger partial charge is 0.202 e. The number of hydrogen-bond acceptors (Lipinski definition) is 3. The molecule has 41 heavy (non-hydrogen) atoms. The lowest BCUT2D eigenvalue weighted by Crippen LogP contribution is -2.04. The Kier molecular flexibility index (Phi) is 7.70. The molecule has 3 aromatic heterocycles. The normalized spacial score (nSPS) is 10.8. The Morgan fingerprint density at radius 1 is 0.317 bits per heavy atom. The van der Waals surface area contributed by atoms with E-state index in [2.05, 4.69) is 11.8 Å². The third-order valence-electron chi connectivity index (χ3n) is 5.34. The van der Waals surface area contributed by atoms with Crippen LogP contribution in [0, 0.1) is 81.9 Å². The number of hydrogen-bond donors (Lipinski definition) is 0. The average molecular weight is 629 g/mol. The van der Waals surface area contributed by atoms with Crippen molar-refractivity contribution < 1.29 is 43.9 Å². The molecule has 0 atom stereocenters. The monoisotopic (exact) mass is 628 g/mol. The number of benzene rings is 2. The summed E-state index contributed by atoms with van der Waals surface area (Å²) in [6.45, 7) is 0. The van der Waals surface area contributed by atoms with Gasteiger partial charge in [-0.2, -0.15) is 0 Å². The van der Waals surface area contributed by atoms with Gasteiger partial charge < -0.3 is 0 Å². The maximum absolute atomic E-state index is 13.9. The van der Waals surface area contributed by atoms with E-state index >= 15 is 0 Å². The first-order valence-corrected chi connectivity index (χ1v) is 13.3. The highest BCUT2D eigenvalue weighted by molar-refractivity contribution is 7.26. The summed E-state index contributed by atoms with van der Waals surface area (Å²) in [5.74, 6) is -12.2. The minimum atomic E-state index is -2.27. The van der Waals surface area contributed by atoms with E-state index in [9.17, 15) is 43.9 Å². The number of thiophene rings is 3. The molecule has 0 nitrogen and oxygen atoms in total. The molecular formula is C28H6F10S3. The molecule has 0 aliphatic rings. The summed E-state index contributed by atoms with van der Waals surface area (Å²) in [6, 6.07) is 9.84. The maximum atomic E-state index is 13.9. The van der Waals surface area contributed by atoms with Crippen LogP contribution in [-0.2, 0) is 0 Å². The topological polar surface area (TPSA) is 0 Å². The van der Waals surface area contributed by atoms with Crippen molar-refractivity contribution in [3.8, 4) is 43.2 Å². The zero-order valence-electron chi connectivity index (χ0n) is 19.5. The molecule has 0 amide bonds. The number of rotatable bonds is 2. The van der Waals surface area contributed by atoms with Crippen molar-refractivity contribution in [1.82, 2.24) is 0 Å². The van der Waals surface area contributed by atoms with Crippen molar-refractivity contribution in [2.24, 2.45) is 0 Å². The first-order valence-electron chi connectivity index (χ1n) is 10.8. The molecule has 5 rings (SSSR count). The third kappa shape index (κ3) is 5.24. The van der Waals surface area contributed by atoms with Crippen molar-refractivity contribution in [3.63, 3.8) is 0 Å². The second-order valence-corrected chi connectivity index (χ2v) is 11.1. The highest BCUT2D eigenvalue weighted by Crippen LogP contribution is 2.40. The molecule has 0 aliphatic carbocycles. The van der Waals surface area contributed by atoms with Crippen LogP contribution in [0.2, 0.25) is 0 Å². The van der Waals surface area contributed by atoms with Crippen LogP contribution in [-0.4, -0.2) is 0 Å². The van der Waals surface area contributed by atoms with E-state index in [0.29, 0.717) is 19.5 Å². The van der Waals surface area contributed by atoms with Crippen LogP contribution in [0.15, 0.2) is 36.4 Å². The molecular weight excluding hydrogens is 622 g/mol. The highest BCUT2D eigenvalue weighted by Gasteiger charge is 2.26. The van der Waals surface area contributed by atoms with E-state index in [0.717, 1.165) is 32.4 Å². The molecule has 0 fully saturated rings. The van der Waals surface area contributed by atoms with Gasteiger partial charge in [-0.15, -0.1) is 34.0 Å². The van der Waals surface area contributed by atoms with Gasteiger partial charge in [-0.25, -0.2) is 43.9 Å². The molecule has 2 aromatic carbocycles. The molecule has 13 heteroatoms. The van der Waals surface area contributed by atoms with Gasteiger partial charge in [0.1, 0.15) is 11.1 Å². The van der Waals surface area contributed by atoms with Crippen molar-refractivity contribution in [2.45, 2.75) is 0 Å². The van der Waals surface area contributed by atoms with Crippen LogP contribution in [0.1, 0.15) is 20.9 Å². The molecule has 0 N–H and O–H groups in total. The fraction of sp³-hybridized carbons (Fsp3) is 0. The van der Waals surface area contributed by atoms with Crippen LogP contribution in [0.4, 0.5) is 43.9 Å². The summed E-state index contributed by atoms with van der Waals surface area (Å²) in [6.07, 6.45) is 0. The Bertz CT molecular complexity index is 1780. The summed E-state index contributed by atoms with van der Waals surface area (Å²) in [7, 11) is 0. The van der Waals surface area contributed by atoms with Crippen LogP contribution in [0.5, 0.6) is 0 Å². The van der Waals surface area contributed by atoms with Gasteiger partial charge in [-0.3, -0.25) is 0 Å². The lowest BCUT2D eigenvalue weighted by Gasteiger charge is -2.02. The van der Waals surface area contributed by atoms with E-state index in [1.54, 1.807) is 24.3 Å². The summed E-state index contributed by atoms with van der Waals surface area (Å²) >= 11 is 3.53. The van der Waals surface area contributed by atoms with Gasteiger partial charge in [-0.1, -0.05) is 23.7 Å². The minimum absolute atomic E-state index is 0.292. The molecule has 0 aliphatic heterocycles. The van der Waals surface area contributed by atoms with Crippen LogP contribution >= 0.6 is 34.0 Å². The van der Waals surface area contributed by atoms with Crippen molar-refractivity contribution in [3.05, 3.63) is 115 Å². The lowest BCUT2D eigenvalue weighted by molar-refractivity contribution is 0.376. The van der Waals surface area contributed by atoms with Crippen molar-refractivity contribution in [2.75, 3.05) is 0 Å². The molecule has 5 aromatic rings. The SMILES string of the molecule is Fc1c(F)c(F)c(C#Cc2ccc(-c3ccc(-c4ccc(C#Cc5c(F)c(F)c(F)c(F)c5F)s4)s3)s2)c(F)c1F. The Balaban J connectivity index is 1.37. The standard InChI is InChI=1S/C28H6F10S3/c29-19-13(20(30)24(34)27(37)23(19)33)5-1-11-3-7-15(39-11)17-9-10-18(41-17)16-8-4-12(40-16)2-6-14-21(31)25(35)28(38)26(36)22(14)32/h3-4,7-10H. The van der Waals surface area contributed by atoms with Gasteiger partial charge in [-0.05, 0) is 36.4 Å². The first kappa shape index (κ1) is 28.5. The summed E-state index contributed by atoms with van der Waals surface area (Å²) in [5.41, 5.74) is -2.49. The zero-order valence-corrected chi connectivity index (χ0v) is 21.9. The van der Waals surface area contributed by atoms with Gasteiger partial charge in [0, 0.05) is 19.5 Å². The molecule has 0 saturated carbocycles. The predicted octanol–water partition coefficient (Wildman–Crippen LogP) is 9.40. The quantitative estimate of drug-likeness (QED) is 0.0791. The third-order valence-corrected chi connectivity index (χ3v) is 8.82. The molecule has 0 unspecified atom stereocenters. The smallest absolute Gasteiger partial charge is 0.200 e. The fourth-order valence-corrected chi connectivity index (χ4v) is 6.26. The van der Waals surface area contributed by atoms with Crippen LogP contribution in [0.25, 0.3) is 19.5 Å². The summed E-state index contributed by atoms with van der Waals surface area (Å²) in [4.78, 5) is 3.45. The second kappa shape index (κ2) is 11.1. The second-order valence-electron chi connectivity index (χ2n) is 7.88. The Labute approximate surface area is 236 Å². The lowest BCUT2D eigenvalue weighted by atomic mass is 10.1. The van der Waals surface area contributed by atoms with Gasteiger partial charge in [0.05, 0.1) is 9.75 Å². The molecule has 0 spiro atoms. The molecule has 0 saturated heterocycles. The highest BCUT2D eigenvalue weighted by atomic mass is 32.1. The predicted molar refractivity (Wildman–Crippen MR) is 135 cm³/mol. The van der Waals surface area contributed by atoms with E-state index in [4.69, 9.17) is 0 Å². The Morgan fingerprint density at radius 2 is 0.585 bits per heavy atom. The van der Waals surface area contributed by atoms with Gasteiger partial charge in [0.2, 0.25) is 11.6 Å². The van der Waals surface area contributed by atoms with Crippen molar-refractivity contribution in [1.29, 1.82) is 0 Å². The Hall–Kier alpha value is -4.04.